The van der Waals surface area contributed by atoms with Crippen molar-refractivity contribution in [2.24, 2.45) is 5.41 Å². The molecule has 0 N–H and O–H groups in total. The van der Waals surface area contributed by atoms with Crippen LogP contribution < -0.4 is 4.90 Å². The van der Waals surface area contributed by atoms with Crippen molar-refractivity contribution in [2.45, 2.75) is 40.0 Å². The van der Waals surface area contributed by atoms with Gasteiger partial charge in [0.05, 0.1) is 11.1 Å². The molecular weight excluding hydrogens is 388 g/mol. The van der Waals surface area contributed by atoms with E-state index in [1.54, 1.807) is 6.20 Å². The molecule has 1 unspecified atom stereocenters. The van der Waals surface area contributed by atoms with Crippen molar-refractivity contribution in [2.75, 3.05) is 4.90 Å². The van der Waals surface area contributed by atoms with Crippen LogP contribution in [-0.4, -0.2) is 10.4 Å². The molecule has 3 heterocycles. The summed E-state index contributed by atoms with van der Waals surface area (Å²) in [6.45, 7) is 11.4. The number of nitrogens with zero attached hydrogens (tertiary/aromatic N) is 2. The molecule has 2 aromatic heterocycles. The molecular formula is C26H26N2OS. The summed E-state index contributed by atoms with van der Waals surface area (Å²) < 4.78 is 6.34. The first kappa shape index (κ1) is 19.3. The number of aryl methyl sites for hydroxylation is 1. The zero-order valence-electron chi connectivity index (χ0n) is 18.1. The lowest BCUT2D eigenvalue weighted by Crippen LogP contribution is -2.38. The van der Waals surface area contributed by atoms with Gasteiger partial charge in [0.2, 0.25) is 5.71 Å². The number of rotatable bonds is 2. The Morgan fingerprint density at radius 1 is 0.933 bits per heavy atom. The Kier molecular flexibility index (Phi) is 4.44. The Hall–Kier alpha value is -2.72. The highest BCUT2D eigenvalue weighted by Crippen LogP contribution is 2.53. The molecule has 2 aromatic carbocycles. The van der Waals surface area contributed by atoms with Gasteiger partial charge >= 0.3 is 0 Å². The SMILES string of the molecule is CC1=C(c2ccccc2)SC(C(C)(C)C)N1c1c(C)ccc2c1oc1ncccc12. The predicted molar refractivity (Wildman–Crippen MR) is 129 cm³/mol. The summed E-state index contributed by atoms with van der Waals surface area (Å²) in [7, 11) is 0. The van der Waals surface area contributed by atoms with E-state index < -0.39 is 0 Å². The van der Waals surface area contributed by atoms with Crippen LogP contribution in [0.15, 0.2) is 70.9 Å². The Morgan fingerprint density at radius 2 is 1.70 bits per heavy atom. The van der Waals surface area contributed by atoms with Gasteiger partial charge in [-0.05, 0) is 42.5 Å². The highest BCUT2D eigenvalue weighted by molar-refractivity contribution is 8.09. The molecule has 0 amide bonds. The fraction of sp³-hybridized carbons (Fsp3) is 0.269. The molecule has 0 aliphatic carbocycles. The molecule has 1 aliphatic rings. The molecule has 0 saturated heterocycles. The van der Waals surface area contributed by atoms with E-state index in [2.05, 4.69) is 93.0 Å². The van der Waals surface area contributed by atoms with Crippen molar-refractivity contribution >= 4 is 44.4 Å². The van der Waals surface area contributed by atoms with Gasteiger partial charge in [-0.15, -0.1) is 0 Å². The largest absolute Gasteiger partial charge is 0.435 e. The van der Waals surface area contributed by atoms with Gasteiger partial charge in [-0.2, -0.15) is 0 Å². The summed E-state index contributed by atoms with van der Waals surface area (Å²) in [4.78, 5) is 8.29. The van der Waals surface area contributed by atoms with Crippen molar-refractivity contribution in [3.8, 4) is 0 Å². The summed E-state index contributed by atoms with van der Waals surface area (Å²) in [6.07, 6.45) is 1.79. The third-order valence-electron chi connectivity index (χ3n) is 5.76. The van der Waals surface area contributed by atoms with Crippen molar-refractivity contribution in [1.82, 2.24) is 4.98 Å². The van der Waals surface area contributed by atoms with Crippen LogP contribution in [0.2, 0.25) is 0 Å². The van der Waals surface area contributed by atoms with Crippen molar-refractivity contribution in [3.05, 3.63) is 77.6 Å². The van der Waals surface area contributed by atoms with Gasteiger partial charge in [-0.1, -0.05) is 75.0 Å². The fourth-order valence-corrected chi connectivity index (χ4v) is 5.80. The van der Waals surface area contributed by atoms with Crippen LogP contribution in [0, 0.1) is 12.3 Å². The minimum absolute atomic E-state index is 0.0708. The number of thioether (sulfide) groups is 1. The quantitative estimate of drug-likeness (QED) is 0.338. The highest BCUT2D eigenvalue weighted by Gasteiger charge is 2.41. The number of hydrogen-bond acceptors (Lipinski definition) is 4. The van der Waals surface area contributed by atoms with Crippen LogP contribution in [0.5, 0.6) is 0 Å². The zero-order valence-corrected chi connectivity index (χ0v) is 18.9. The van der Waals surface area contributed by atoms with Crippen LogP contribution in [0.3, 0.4) is 0 Å². The third kappa shape index (κ3) is 2.93. The van der Waals surface area contributed by atoms with E-state index in [9.17, 15) is 0 Å². The molecule has 4 heteroatoms. The zero-order chi connectivity index (χ0) is 21.0. The monoisotopic (exact) mass is 414 g/mol. The molecule has 5 rings (SSSR count). The second-order valence-corrected chi connectivity index (χ2v) is 10.1. The van der Waals surface area contributed by atoms with E-state index in [0.717, 1.165) is 22.0 Å². The van der Waals surface area contributed by atoms with E-state index in [0.29, 0.717) is 5.71 Å². The van der Waals surface area contributed by atoms with E-state index in [-0.39, 0.29) is 10.8 Å². The number of benzene rings is 2. The number of furan rings is 1. The Labute approximate surface area is 181 Å². The summed E-state index contributed by atoms with van der Waals surface area (Å²) in [5.41, 5.74) is 6.60. The molecule has 0 bridgehead atoms. The van der Waals surface area contributed by atoms with Crippen LogP contribution in [0.25, 0.3) is 27.0 Å². The van der Waals surface area contributed by atoms with Gasteiger partial charge in [-0.25, -0.2) is 4.98 Å². The molecule has 1 aliphatic heterocycles. The highest BCUT2D eigenvalue weighted by atomic mass is 32.2. The number of fused-ring (bicyclic) bond motifs is 3. The first-order valence-electron chi connectivity index (χ1n) is 10.4. The molecule has 0 spiro atoms. The van der Waals surface area contributed by atoms with E-state index in [4.69, 9.17) is 4.42 Å². The van der Waals surface area contributed by atoms with Crippen LogP contribution in [0.1, 0.15) is 38.8 Å². The summed E-state index contributed by atoms with van der Waals surface area (Å²) in [5.74, 6) is 0. The van der Waals surface area contributed by atoms with E-state index in [1.807, 2.05) is 17.8 Å². The maximum absolute atomic E-state index is 6.34. The van der Waals surface area contributed by atoms with Gasteiger partial charge in [0, 0.05) is 27.6 Å². The lowest BCUT2D eigenvalue weighted by molar-refractivity contribution is 0.395. The number of pyridine rings is 1. The van der Waals surface area contributed by atoms with Gasteiger partial charge in [0.15, 0.2) is 5.58 Å². The Balaban J connectivity index is 1.79. The minimum Gasteiger partial charge on any atom is -0.435 e. The maximum atomic E-state index is 6.34. The molecule has 152 valence electrons. The maximum Gasteiger partial charge on any atom is 0.227 e. The molecule has 0 saturated carbocycles. The predicted octanol–water partition coefficient (Wildman–Crippen LogP) is 7.60. The van der Waals surface area contributed by atoms with Crippen molar-refractivity contribution in [1.29, 1.82) is 0 Å². The minimum atomic E-state index is 0.0708. The molecule has 30 heavy (non-hydrogen) atoms. The number of anilines is 1. The van der Waals surface area contributed by atoms with Gasteiger partial charge in [-0.3, -0.25) is 0 Å². The number of allylic oxidation sites excluding steroid dienone is 1. The van der Waals surface area contributed by atoms with Crippen molar-refractivity contribution < 1.29 is 4.42 Å². The summed E-state index contributed by atoms with van der Waals surface area (Å²) in [5, 5.41) is 2.45. The van der Waals surface area contributed by atoms with Gasteiger partial charge in [0.1, 0.15) is 0 Å². The van der Waals surface area contributed by atoms with E-state index in [1.165, 1.54) is 21.7 Å². The molecule has 0 radical (unpaired) electrons. The number of aromatic nitrogens is 1. The first-order chi connectivity index (χ1) is 14.4. The Morgan fingerprint density at radius 3 is 2.43 bits per heavy atom. The average Bonchev–Trinajstić information content (AvgIpc) is 3.26. The lowest BCUT2D eigenvalue weighted by Gasteiger charge is -2.37. The normalized spacial score (nSPS) is 17.5. The van der Waals surface area contributed by atoms with Crippen LogP contribution in [-0.2, 0) is 0 Å². The molecule has 0 fully saturated rings. The Bertz CT molecular complexity index is 1280. The fourth-order valence-electron chi connectivity index (χ4n) is 4.31. The van der Waals surface area contributed by atoms with Gasteiger partial charge in [0.25, 0.3) is 0 Å². The lowest BCUT2D eigenvalue weighted by atomic mass is 9.94. The van der Waals surface area contributed by atoms with Crippen LogP contribution in [0.4, 0.5) is 5.69 Å². The first-order valence-corrected chi connectivity index (χ1v) is 11.2. The summed E-state index contributed by atoms with van der Waals surface area (Å²) >= 11 is 1.95. The van der Waals surface area contributed by atoms with Crippen molar-refractivity contribution in [3.63, 3.8) is 0 Å². The summed E-state index contributed by atoms with van der Waals surface area (Å²) in [6, 6.07) is 19.1. The van der Waals surface area contributed by atoms with E-state index >= 15 is 0 Å². The smallest absolute Gasteiger partial charge is 0.227 e. The molecule has 1 atom stereocenters. The topological polar surface area (TPSA) is 29.3 Å². The molecule has 4 aromatic rings. The second kappa shape index (κ2) is 6.92. The van der Waals surface area contributed by atoms with Crippen LogP contribution >= 0.6 is 11.8 Å². The average molecular weight is 415 g/mol. The molecule has 3 nitrogen and oxygen atoms in total. The standard InChI is InChI=1S/C26H26N2OS/c1-16-13-14-19-20-12-9-15-27-24(20)29-22(19)21(16)28-17(2)23(18-10-7-6-8-11-18)30-25(28)26(3,4)5/h6-15,25H,1-5H3. The number of hydrogen-bond donors (Lipinski definition) is 0. The third-order valence-corrected chi connectivity index (χ3v) is 7.67. The van der Waals surface area contributed by atoms with Gasteiger partial charge < -0.3 is 9.32 Å². The second-order valence-electron chi connectivity index (χ2n) is 9.05.